The third-order valence-corrected chi connectivity index (χ3v) is 2.33. The maximum atomic E-state index is 11.7. The van der Waals surface area contributed by atoms with E-state index in [0.29, 0.717) is 5.69 Å². The van der Waals surface area contributed by atoms with Crippen LogP contribution in [0.3, 0.4) is 0 Å². The zero-order valence-electron chi connectivity index (χ0n) is 11.1. The molecule has 0 aromatic heterocycles. The van der Waals surface area contributed by atoms with Crippen molar-refractivity contribution >= 4 is 23.5 Å². The summed E-state index contributed by atoms with van der Waals surface area (Å²) in [5, 5.41) is 4.87. The topological polar surface area (TPSA) is 111 Å². The van der Waals surface area contributed by atoms with Gasteiger partial charge in [0.25, 0.3) is 0 Å². The van der Waals surface area contributed by atoms with E-state index in [2.05, 4.69) is 10.6 Å². The van der Waals surface area contributed by atoms with Crippen LogP contribution in [0.15, 0.2) is 24.3 Å². The number of anilines is 1. The summed E-state index contributed by atoms with van der Waals surface area (Å²) in [7, 11) is 0. The van der Waals surface area contributed by atoms with E-state index in [0.717, 1.165) is 0 Å². The molecule has 0 aliphatic carbocycles. The zero-order valence-corrected chi connectivity index (χ0v) is 11.1. The van der Waals surface area contributed by atoms with Gasteiger partial charge in [0.1, 0.15) is 0 Å². The van der Waals surface area contributed by atoms with Gasteiger partial charge >= 0.3 is 5.97 Å². The summed E-state index contributed by atoms with van der Waals surface area (Å²) in [6, 6.07) is 6.47. The van der Waals surface area contributed by atoms with Crippen LogP contribution in [0.1, 0.15) is 17.3 Å². The smallest absolute Gasteiger partial charge is 0.340 e. The van der Waals surface area contributed by atoms with Gasteiger partial charge in [0.15, 0.2) is 0 Å². The third kappa shape index (κ3) is 4.69. The Bertz CT molecular complexity index is 502. The van der Waals surface area contributed by atoms with Gasteiger partial charge in [-0.25, -0.2) is 4.79 Å². The number of nitrogens with two attached hydrogens (primary N) is 1. The SMILES string of the molecule is CCOC(=O)c1ccccc1NC(=O)CNC(=O)CN. The fourth-order valence-corrected chi connectivity index (χ4v) is 1.42. The molecule has 0 atom stereocenters. The van der Waals surface area contributed by atoms with Gasteiger partial charge in [-0.3, -0.25) is 9.59 Å². The van der Waals surface area contributed by atoms with Crippen molar-refractivity contribution in [1.29, 1.82) is 0 Å². The lowest BCUT2D eigenvalue weighted by Gasteiger charge is -2.10. The Kier molecular flexibility index (Phi) is 6.18. The van der Waals surface area contributed by atoms with Gasteiger partial charge in [-0.1, -0.05) is 12.1 Å². The van der Waals surface area contributed by atoms with Crippen molar-refractivity contribution in [3.63, 3.8) is 0 Å². The van der Waals surface area contributed by atoms with Gasteiger partial charge in [0.2, 0.25) is 11.8 Å². The van der Waals surface area contributed by atoms with E-state index in [1.165, 1.54) is 0 Å². The summed E-state index contributed by atoms with van der Waals surface area (Å²) in [5.74, 6) is -1.41. The van der Waals surface area contributed by atoms with E-state index in [1.807, 2.05) is 0 Å². The molecule has 7 nitrogen and oxygen atoms in total. The number of benzene rings is 1. The molecule has 0 spiro atoms. The highest BCUT2D eigenvalue weighted by molar-refractivity contribution is 6.02. The van der Waals surface area contributed by atoms with Crippen LogP contribution in [-0.2, 0) is 14.3 Å². The number of nitrogens with one attached hydrogen (secondary N) is 2. The van der Waals surface area contributed by atoms with Crippen molar-refractivity contribution in [3.8, 4) is 0 Å². The first-order chi connectivity index (χ1) is 9.58. The molecule has 2 amide bonds. The fourth-order valence-electron chi connectivity index (χ4n) is 1.42. The average molecular weight is 279 g/mol. The molecule has 7 heteroatoms. The predicted octanol–water partition coefficient (Wildman–Crippen LogP) is -0.123. The van der Waals surface area contributed by atoms with Crippen LogP contribution in [0.25, 0.3) is 0 Å². The van der Waals surface area contributed by atoms with Crippen LogP contribution in [-0.4, -0.2) is 37.5 Å². The molecule has 0 aliphatic heterocycles. The number of hydrogen-bond donors (Lipinski definition) is 3. The minimum atomic E-state index is -0.519. The first kappa shape index (κ1) is 15.6. The molecular formula is C13H17N3O4. The van der Waals surface area contributed by atoms with Crippen molar-refractivity contribution in [1.82, 2.24) is 5.32 Å². The normalized spacial score (nSPS) is 9.70. The summed E-state index contributed by atoms with van der Waals surface area (Å²) in [6.07, 6.45) is 0. The molecule has 1 rings (SSSR count). The Morgan fingerprint density at radius 3 is 2.55 bits per heavy atom. The number of carbonyl (C=O) groups is 3. The molecule has 0 unspecified atom stereocenters. The second-order valence-corrected chi connectivity index (χ2v) is 3.80. The van der Waals surface area contributed by atoms with Crippen LogP contribution in [0.2, 0.25) is 0 Å². The quantitative estimate of drug-likeness (QED) is 0.629. The van der Waals surface area contributed by atoms with Gasteiger partial charge in [-0.2, -0.15) is 0 Å². The molecule has 0 radical (unpaired) electrons. The number of hydrogen-bond acceptors (Lipinski definition) is 5. The second-order valence-electron chi connectivity index (χ2n) is 3.80. The lowest BCUT2D eigenvalue weighted by molar-refractivity contribution is -0.123. The average Bonchev–Trinajstić information content (AvgIpc) is 2.45. The first-order valence-corrected chi connectivity index (χ1v) is 6.11. The standard InChI is InChI=1S/C13H17N3O4/c1-2-20-13(19)9-5-3-4-6-10(9)16-12(18)8-15-11(17)7-14/h3-6H,2,7-8,14H2,1H3,(H,15,17)(H,16,18). The minimum absolute atomic E-state index is 0.188. The first-order valence-electron chi connectivity index (χ1n) is 6.11. The predicted molar refractivity (Wildman–Crippen MR) is 73.1 cm³/mol. The summed E-state index contributed by atoms with van der Waals surface area (Å²) in [6.45, 7) is 1.54. The molecule has 108 valence electrons. The molecule has 0 saturated carbocycles. The highest BCUT2D eigenvalue weighted by Crippen LogP contribution is 2.15. The number of esters is 1. The van der Waals surface area contributed by atoms with Crippen molar-refractivity contribution < 1.29 is 19.1 Å². The van der Waals surface area contributed by atoms with Crippen molar-refractivity contribution in [2.24, 2.45) is 5.73 Å². The molecule has 1 aromatic rings. The molecule has 0 aliphatic rings. The molecular weight excluding hydrogens is 262 g/mol. The Hall–Kier alpha value is -2.41. The lowest BCUT2D eigenvalue weighted by atomic mass is 10.2. The van der Waals surface area contributed by atoms with Gasteiger partial charge in [-0.15, -0.1) is 0 Å². The molecule has 0 fully saturated rings. The van der Waals surface area contributed by atoms with E-state index in [1.54, 1.807) is 31.2 Å². The highest BCUT2D eigenvalue weighted by atomic mass is 16.5. The van der Waals surface area contributed by atoms with E-state index >= 15 is 0 Å². The van der Waals surface area contributed by atoms with Crippen LogP contribution in [0.5, 0.6) is 0 Å². The summed E-state index contributed by atoms with van der Waals surface area (Å²) in [5.41, 5.74) is 5.69. The van der Waals surface area contributed by atoms with E-state index < -0.39 is 17.8 Å². The number of amides is 2. The lowest BCUT2D eigenvalue weighted by Crippen LogP contribution is -2.36. The summed E-state index contributed by atoms with van der Waals surface area (Å²) >= 11 is 0. The minimum Gasteiger partial charge on any atom is -0.462 e. The number of carbonyl (C=O) groups excluding carboxylic acids is 3. The third-order valence-electron chi connectivity index (χ3n) is 2.33. The Morgan fingerprint density at radius 2 is 1.90 bits per heavy atom. The van der Waals surface area contributed by atoms with Crippen LogP contribution in [0.4, 0.5) is 5.69 Å². The summed E-state index contributed by atoms with van der Waals surface area (Å²) in [4.78, 5) is 34.3. The maximum Gasteiger partial charge on any atom is 0.340 e. The molecule has 4 N–H and O–H groups in total. The highest BCUT2D eigenvalue weighted by Gasteiger charge is 2.13. The maximum absolute atomic E-state index is 11.7. The van der Waals surface area contributed by atoms with Crippen molar-refractivity contribution in [2.75, 3.05) is 25.0 Å². The zero-order chi connectivity index (χ0) is 15.0. The monoisotopic (exact) mass is 279 g/mol. The van der Waals surface area contributed by atoms with Crippen LogP contribution >= 0.6 is 0 Å². The van der Waals surface area contributed by atoms with Crippen molar-refractivity contribution in [2.45, 2.75) is 6.92 Å². The Labute approximate surface area is 116 Å². The Morgan fingerprint density at radius 1 is 1.20 bits per heavy atom. The van der Waals surface area contributed by atoms with Crippen molar-refractivity contribution in [3.05, 3.63) is 29.8 Å². The number of rotatable bonds is 6. The fraction of sp³-hybridized carbons (Fsp3) is 0.308. The summed E-state index contributed by atoms with van der Waals surface area (Å²) < 4.78 is 4.89. The number of para-hydroxylation sites is 1. The second kappa shape index (κ2) is 7.90. The molecule has 0 saturated heterocycles. The van der Waals surface area contributed by atoms with E-state index in [-0.39, 0.29) is 25.3 Å². The van der Waals surface area contributed by atoms with Crippen LogP contribution in [0, 0.1) is 0 Å². The van der Waals surface area contributed by atoms with Crippen LogP contribution < -0.4 is 16.4 Å². The molecule has 20 heavy (non-hydrogen) atoms. The van der Waals surface area contributed by atoms with Gasteiger partial charge < -0.3 is 21.1 Å². The van der Waals surface area contributed by atoms with Gasteiger partial charge in [0.05, 0.1) is 30.9 Å². The van der Waals surface area contributed by atoms with Gasteiger partial charge in [0, 0.05) is 0 Å². The van der Waals surface area contributed by atoms with Gasteiger partial charge in [-0.05, 0) is 19.1 Å². The number of ether oxygens (including phenoxy) is 1. The molecule has 1 aromatic carbocycles. The molecule has 0 bridgehead atoms. The Balaban J connectivity index is 2.69. The largest absolute Gasteiger partial charge is 0.462 e. The molecule has 0 heterocycles. The van der Waals surface area contributed by atoms with E-state index in [4.69, 9.17) is 10.5 Å². The van der Waals surface area contributed by atoms with E-state index in [9.17, 15) is 14.4 Å².